The summed E-state index contributed by atoms with van der Waals surface area (Å²) in [6.07, 6.45) is -0.0308. The topological polar surface area (TPSA) is 49.8 Å². The van der Waals surface area contributed by atoms with Crippen molar-refractivity contribution in [1.82, 2.24) is 0 Å². The van der Waals surface area contributed by atoms with Crippen LogP contribution in [0.4, 0.5) is 0 Å². The molecule has 0 aromatic heterocycles. The van der Waals surface area contributed by atoms with Crippen LogP contribution in [0.15, 0.2) is 30.3 Å². The standard InChI is InChI=1S/C10H10O3/c11-9(12)6-8-10(13-8)7-4-2-1-3-5-7/h1-5,8,10H,6H2,(H,11,12)/t8-,10-/m1/s1. The first-order valence-electron chi connectivity index (χ1n) is 4.19. The summed E-state index contributed by atoms with van der Waals surface area (Å²) in [6.45, 7) is 0. The SMILES string of the molecule is O=C(O)C[C@H]1O[C@@H]1c1ccccc1. The fraction of sp³-hybridized carbons (Fsp3) is 0.300. The average molecular weight is 178 g/mol. The van der Waals surface area contributed by atoms with E-state index in [-0.39, 0.29) is 18.6 Å². The molecule has 3 nitrogen and oxygen atoms in total. The maximum atomic E-state index is 10.3. The molecule has 0 amide bonds. The van der Waals surface area contributed by atoms with Gasteiger partial charge in [-0.15, -0.1) is 0 Å². The zero-order chi connectivity index (χ0) is 9.26. The third kappa shape index (κ3) is 1.87. The van der Waals surface area contributed by atoms with E-state index in [9.17, 15) is 4.79 Å². The second-order valence-corrected chi connectivity index (χ2v) is 3.10. The van der Waals surface area contributed by atoms with Gasteiger partial charge in [0.15, 0.2) is 0 Å². The van der Waals surface area contributed by atoms with E-state index in [4.69, 9.17) is 9.84 Å². The van der Waals surface area contributed by atoms with Crippen LogP contribution in [-0.4, -0.2) is 17.2 Å². The second-order valence-electron chi connectivity index (χ2n) is 3.10. The van der Waals surface area contributed by atoms with Gasteiger partial charge in [0.1, 0.15) is 6.10 Å². The van der Waals surface area contributed by atoms with Crippen LogP contribution in [0.2, 0.25) is 0 Å². The van der Waals surface area contributed by atoms with Crippen molar-refractivity contribution in [3.8, 4) is 0 Å². The molecule has 0 spiro atoms. The summed E-state index contributed by atoms with van der Waals surface area (Å²) < 4.78 is 5.23. The lowest BCUT2D eigenvalue weighted by atomic mass is 10.1. The summed E-state index contributed by atoms with van der Waals surface area (Å²) in [5, 5.41) is 8.51. The van der Waals surface area contributed by atoms with E-state index in [0.29, 0.717) is 0 Å². The van der Waals surface area contributed by atoms with Crippen molar-refractivity contribution >= 4 is 5.97 Å². The van der Waals surface area contributed by atoms with Crippen LogP contribution in [0.3, 0.4) is 0 Å². The van der Waals surface area contributed by atoms with Crippen LogP contribution in [-0.2, 0) is 9.53 Å². The summed E-state index contributed by atoms with van der Waals surface area (Å²) in [5.41, 5.74) is 1.06. The fourth-order valence-electron chi connectivity index (χ4n) is 1.41. The van der Waals surface area contributed by atoms with Crippen molar-refractivity contribution in [2.24, 2.45) is 0 Å². The Balaban J connectivity index is 1.97. The maximum Gasteiger partial charge on any atom is 0.306 e. The molecule has 1 aromatic rings. The molecule has 2 rings (SSSR count). The van der Waals surface area contributed by atoms with Gasteiger partial charge < -0.3 is 9.84 Å². The largest absolute Gasteiger partial charge is 0.481 e. The molecule has 1 saturated heterocycles. The number of epoxide rings is 1. The smallest absolute Gasteiger partial charge is 0.306 e. The predicted molar refractivity (Wildman–Crippen MR) is 46.3 cm³/mol. The van der Waals surface area contributed by atoms with E-state index < -0.39 is 5.97 Å². The van der Waals surface area contributed by atoms with Crippen molar-refractivity contribution < 1.29 is 14.6 Å². The highest BCUT2D eigenvalue weighted by atomic mass is 16.6. The van der Waals surface area contributed by atoms with Crippen LogP contribution in [0, 0.1) is 0 Å². The van der Waals surface area contributed by atoms with Crippen molar-refractivity contribution in [3.63, 3.8) is 0 Å². The molecule has 0 radical (unpaired) electrons. The molecule has 1 aromatic carbocycles. The van der Waals surface area contributed by atoms with Crippen LogP contribution in [0.25, 0.3) is 0 Å². The second kappa shape index (κ2) is 3.18. The quantitative estimate of drug-likeness (QED) is 0.715. The minimum Gasteiger partial charge on any atom is -0.481 e. The van der Waals surface area contributed by atoms with Crippen LogP contribution >= 0.6 is 0 Å². The van der Waals surface area contributed by atoms with Gasteiger partial charge in [-0.2, -0.15) is 0 Å². The Kier molecular flexibility index (Phi) is 2.02. The van der Waals surface area contributed by atoms with Crippen molar-refractivity contribution in [2.75, 3.05) is 0 Å². The molecular formula is C10H10O3. The summed E-state index contributed by atoms with van der Waals surface area (Å²) in [6, 6.07) is 9.68. The summed E-state index contributed by atoms with van der Waals surface area (Å²) in [4.78, 5) is 10.3. The lowest BCUT2D eigenvalue weighted by molar-refractivity contribution is -0.137. The third-order valence-electron chi connectivity index (χ3n) is 2.09. The van der Waals surface area contributed by atoms with Gasteiger partial charge in [-0.1, -0.05) is 30.3 Å². The van der Waals surface area contributed by atoms with Crippen LogP contribution in [0.5, 0.6) is 0 Å². The van der Waals surface area contributed by atoms with Gasteiger partial charge in [0.05, 0.1) is 12.5 Å². The Morgan fingerprint density at radius 2 is 2.08 bits per heavy atom. The van der Waals surface area contributed by atoms with E-state index in [1.807, 2.05) is 30.3 Å². The number of carbonyl (C=O) groups is 1. The normalized spacial score (nSPS) is 25.5. The third-order valence-corrected chi connectivity index (χ3v) is 2.09. The highest BCUT2D eigenvalue weighted by Crippen LogP contribution is 2.40. The van der Waals surface area contributed by atoms with Gasteiger partial charge in [0, 0.05) is 0 Å². The molecule has 1 fully saturated rings. The van der Waals surface area contributed by atoms with E-state index in [1.165, 1.54) is 0 Å². The van der Waals surface area contributed by atoms with Gasteiger partial charge in [0.25, 0.3) is 0 Å². The predicted octanol–water partition coefficient (Wildman–Crippen LogP) is 1.60. The molecule has 0 unspecified atom stereocenters. The highest BCUT2D eigenvalue weighted by molar-refractivity contribution is 5.68. The first-order chi connectivity index (χ1) is 6.27. The number of hydrogen-bond acceptors (Lipinski definition) is 2. The van der Waals surface area contributed by atoms with Gasteiger partial charge in [-0.05, 0) is 5.56 Å². The summed E-state index contributed by atoms with van der Waals surface area (Å²) >= 11 is 0. The van der Waals surface area contributed by atoms with E-state index >= 15 is 0 Å². The number of ether oxygens (including phenoxy) is 1. The molecule has 2 atom stereocenters. The van der Waals surface area contributed by atoms with Gasteiger partial charge in [-0.25, -0.2) is 0 Å². The van der Waals surface area contributed by atoms with Crippen molar-refractivity contribution in [1.29, 1.82) is 0 Å². The molecule has 1 N–H and O–H groups in total. The number of carboxylic acids is 1. The molecule has 13 heavy (non-hydrogen) atoms. The lowest BCUT2D eigenvalue weighted by Gasteiger charge is -1.92. The monoisotopic (exact) mass is 178 g/mol. The Bertz CT molecular complexity index is 307. The molecule has 1 heterocycles. The number of benzene rings is 1. The fourth-order valence-corrected chi connectivity index (χ4v) is 1.41. The molecule has 1 aliphatic rings. The minimum atomic E-state index is -0.802. The molecular weight excluding hydrogens is 168 g/mol. The zero-order valence-corrected chi connectivity index (χ0v) is 7.01. The van der Waals surface area contributed by atoms with Gasteiger partial charge in [0.2, 0.25) is 0 Å². The average Bonchev–Trinajstić information content (AvgIpc) is 2.84. The number of hydrogen-bond donors (Lipinski definition) is 1. The number of carboxylic acid groups (broad SMARTS) is 1. The van der Waals surface area contributed by atoms with Crippen LogP contribution in [0.1, 0.15) is 18.1 Å². The van der Waals surface area contributed by atoms with Gasteiger partial charge in [-0.3, -0.25) is 4.79 Å². The minimum absolute atomic E-state index is 0.00250. The molecule has 0 saturated carbocycles. The first-order valence-corrected chi connectivity index (χ1v) is 4.19. The number of aliphatic carboxylic acids is 1. The summed E-state index contributed by atoms with van der Waals surface area (Å²) in [5.74, 6) is -0.802. The lowest BCUT2D eigenvalue weighted by Crippen LogP contribution is -2.00. The Labute approximate surface area is 76.0 Å². The Morgan fingerprint density at radius 3 is 2.69 bits per heavy atom. The van der Waals surface area contributed by atoms with E-state index in [1.54, 1.807) is 0 Å². The summed E-state index contributed by atoms with van der Waals surface area (Å²) in [7, 11) is 0. The van der Waals surface area contributed by atoms with Crippen molar-refractivity contribution in [3.05, 3.63) is 35.9 Å². The Morgan fingerprint density at radius 1 is 1.38 bits per heavy atom. The van der Waals surface area contributed by atoms with Crippen LogP contribution < -0.4 is 0 Å². The zero-order valence-electron chi connectivity index (χ0n) is 7.01. The number of rotatable bonds is 3. The molecule has 3 heteroatoms. The molecule has 1 aliphatic heterocycles. The molecule has 0 aliphatic carbocycles. The van der Waals surface area contributed by atoms with Crippen molar-refractivity contribution in [2.45, 2.75) is 18.6 Å². The first kappa shape index (κ1) is 8.26. The molecule has 0 bridgehead atoms. The van der Waals surface area contributed by atoms with E-state index in [2.05, 4.69) is 0 Å². The van der Waals surface area contributed by atoms with E-state index in [0.717, 1.165) is 5.56 Å². The van der Waals surface area contributed by atoms with Gasteiger partial charge >= 0.3 is 5.97 Å². The highest BCUT2D eigenvalue weighted by Gasteiger charge is 2.41. The Hall–Kier alpha value is -1.35. The molecule has 68 valence electrons. The maximum absolute atomic E-state index is 10.3.